The van der Waals surface area contributed by atoms with E-state index < -0.39 is 23.8 Å². The van der Waals surface area contributed by atoms with Crippen LogP contribution in [0, 0.1) is 0 Å². The van der Waals surface area contributed by atoms with Gasteiger partial charge in [0.2, 0.25) is 0 Å². The first-order valence-corrected chi connectivity index (χ1v) is 4.60. The fourth-order valence-corrected chi connectivity index (χ4v) is 1.18. The molecule has 1 N–H and O–H groups in total. The lowest BCUT2D eigenvalue weighted by atomic mass is 10.2. The molecule has 1 aromatic carbocycles. The first-order chi connectivity index (χ1) is 7.85. The quantitative estimate of drug-likeness (QED) is 0.892. The summed E-state index contributed by atoms with van der Waals surface area (Å²) in [6, 6.07) is 3.27. The number of carboxylic acids is 1. The maximum absolute atomic E-state index is 12.1. The van der Waals surface area contributed by atoms with Crippen LogP contribution in [0.15, 0.2) is 18.2 Å². The SMILES string of the molecule is CCOc1c(OC(F)(F)F)cccc1C(=O)O. The fraction of sp³-hybridized carbons (Fsp3) is 0.300. The van der Waals surface area contributed by atoms with Crippen LogP contribution in [0.25, 0.3) is 0 Å². The number of para-hydroxylation sites is 1. The average molecular weight is 250 g/mol. The third-order valence-corrected chi connectivity index (χ3v) is 1.72. The van der Waals surface area contributed by atoms with E-state index in [-0.39, 0.29) is 12.2 Å². The van der Waals surface area contributed by atoms with Crippen molar-refractivity contribution in [1.29, 1.82) is 0 Å². The number of benzene rings is 1. The summed E-state index contributed by atoms with van der Waals surface area (Å²) in [5.41, 5.74) is -0.381. The van der Waals surface area contributed by atoms with Crippen LogP contribution in [-0.4, -0.2) is 24.0 Å². The molecule has 7 heteroatoms. The molecule has 0 aromatic heterocycles. The molecule has 0 aliphatic rings. The van der Waals surface area contributed by atoms with Crippen molar-refractivity contribution in [2.45, 2.75) is 13.3 Å². The Bertz CT molecular complexity index is 415. The molecule has 1 aromatic rings. The minimum Gasteiger partial charge on any atom is -0.489 e. The highest BCUT2D eigenvalue weighted by Gasteiger charge is 2.33. The number of ether oxygens (including phenoxy) is 2. The van der Waals surface area contributed by atoms with Gasteiger partial charge >= 0.3 is 12.3 Å². The monoisotopic (exact) mass is 250 g/mol. The lowest BCUT2D eigenvalue weighted by Crippen LogP contribution is -2.18. The largest absolute Gasteiger partial charge is 0.573 e. The number of aromatic carboxylic acids is 1. The van der Waals surface area contributed by atoms with Gasteiger partial charge in [0.1, 0.15) is 5.56 Å². The molecule has 0 fully saturated rings. The molecule has 94 valence electrons. The zero-order chi connectivity index (χ0) is 13.1. The summed E-state index contributed by atoms with van der Waals surface area (Å²) in [6.07, 6.45) is -4.90. The summed E-state index contributed by atoms with van der Waals surface area (Å²) >= 11 is 0. The number of alkyl halides is 3. The first-order valence-electron chi connectivity index (χ1n) is 4.60. The van der Waals surface area contributed by atoms with Crippen molar-refractivity contribution >= 4 is 5.97 Å². The summed E-state index contributed by atoms with van der Waals surface area (Å²) in [6.45, 7) is 1.55. The van der Waals surface area contributed by atoms with Gasteiger partial charge in [-0.25, -0.2) is 4.79 Å². The van der Waals surface area contributed by atoms with E-state index in [1.54, 1.807) is 0 Å². The standard InChI is InChI=1S/C10H9F3O4/c1-2-16-8-6(9(14)15)4-3-5-7(8)17-10(11,12)13/h3-5H,2H2,1H3,(H,14,15). The minimum atomic E-state index is -4.90. The Kier molecular flexibility index (Phi) is 3.82. The number of hydrogen-bond acceptors (Lipinski definition) is 3. The molecule has 0 atom stereocenters. The zero-order valence-corrected chi connectivity index (χ0v) is 8.75. The molecule has 0 spiro atoms. The first kappa shape index (κ1) is 13.1. The number of rotatable bonds is 4. The van der Waals surface area contributed by atoms with Crippen LogP contribution < -0.4 is 9.47 Å². The molecule has 0 radical (unpaired) electrons. The van der Waals surface area contributed by atoms with Gasteiger partial charge in [-0.15, -0.1) is 13.2 Å². The summed E-state index contributed by atoms with van der Waals surface area (Å²) in [7, 11) is 0. The van der Waals surface area contributed by atoms with Gasteiger partial charge in [0, 0.05) is 0 Å². The smallest absolute Gasteiger partial charge is 0.489 e. The van der Waals surface area contributed by atoms with Crippen molar-refractivity contribution in [1.82, 2.24) is 0 Å². The third kappa shape index (κ3) is 3.54. The molecule has 0 saturated heterocycles. The highest BCUT2D eigenvalue weighted by molar-refractivity contribution is 5.92. The van der Waals surface area contributed by atoms with E-state index in [4.69, 9.17) is 9.84 Å². The normalized spacial score (nSPS) is 11.1. The second kappa shape index (κ2) is 4.94. The van der Waals surface area contributed by atoms with E-state index >= 15 is 0 Å². The Morgan fingerprint density at radius 1 is 1.41 bits per heavy atom. The number of carbonyl (C=O) groups is 1. The van der Waals surface area contributed by atoms with E-state index in [2.05, 4.69) is 4.74 Å². The Morgan fingerprint density at radius 3 is 2.53 bits per heavy atom. The van der Waals surface area contributed by atoms with Gasteiger partial charge in [-0.3, -0.25) is 0 Å². The van der Waals surface area contributed by atoms with Gasteiger partial charge in [-0.1, -0.05) is 6.07 Å². The van der Waals surface area contributed by atoms with Gasteiger partial charge in [-0.2, -0.15) is 0 Å². The maximum atomic E-state index is 12.1. The summed E-state index contributed by atoms with van der Waals surface area (Å²) in [4.78, 5) is 10.8. The van der Waals surface area contributed by atoms with Gasteiger partial charge in [0.15, 0.2) is 11.5 Å². The Balaban J connectivity index is 3.20. The van der Waals surface area contributed by atoms with E-state index in [0.717, 1.165) is 18.2 Å². The molecule has 0 amide bonds. The molecule has 0 heterocycles. The Hall–Kier alpha value is -1.92. The van der Waals surface area contributed by atoms with E-state index in [0.29, 0.717) is 0 Å². The van der Waals surface area contributed by atoms with E-state index in [9.17, 15) is 18.0 Å². The predicted octanol–water partition coefficient (Wildman–Crippen LogP) is 2.68. The highest BCUT2D eigenvalue weighted by atomic mass is 19.4. The van der Waals surface area contributed by atoms with Crippen LogP contribution in [0.2, 0.25) is 0 Å². The molecule has 0 unspecified atom stereocenters. The highest BCUT2D eigenvalue weighted by Crippen LogP contribution is 2.35. The van der Waals surface area contributed by atoms with Crippen LogP contribution >= 0.6 is 0 Å². The molecule has 4 nitrogen and oxygen atoms in total. The number of hydrogen-bond donors (Lipinski definition) is 1. The Labute approximate surface area is 94.6 Å². The van der Waals surface area contributed by atoms with Crippen molar-refractivity contribution in [2.24, 2.45) is 0 Å². The molecule has 0 aliphatic heterocycles. The van der Waals surface area contributed by atoms with Crippen LogP contribution in [0.4, 0.5) is 13.2 Å². The average Bonchev–Trinajstić information content (AvgIpc) is 2.18. The van der Waals surface area contributed by atoms with Crippen molar-refractivity contribution in [3.8, 4) is 11.5 Å². The third-order valence-electron chi connectivity index (χ3n) is 1.72. The van der Waals surface area contributed by atoms with Gasteiger partial charge in [0.25, 0.3) is 0 Å². The molecule has 0 saturated carbocycles. The van der Waals surface area contributed by atoms with Crippen LogP contribution in [0.3, 0.4) is 0 Å². The topological polar surface area (TPSA) is 55.8 Å². The lowest BCUT2D eigenvalue weighted by Gasteiger charge is -2.14. The lowest BCUT2D eigenvalue weighted by molar-refractivity contribution is -0.275. The predicted molar refractivity (Wildman–Crippen MR) is 51.3 cm³/mol. The van der Waals surface area contributed by atoms with Crippen molar-refractivity contribution in [3.05, 3.63) is 23.8 Å². The van der Waals surface area contributed by atoms with Crippen LogP contribution in [0.1, 0.15) is 17.3 Å². The fourth-order valence-electron chi connectivity index (χ4n) is 1.18. The summed E-state index contributed by atoms with van der Waals surface area (Å²) in [5, 5.41) is 8.80. The molecule has 1 rings (SSSR count). The van der Waals surface area contributed by atoms with Gasteiger partial charge < -0.3 is 14.6 Å². The molecular formula is C10H9F3O4. The van der Waals surface area contributed by atoms with Crippen molar-refractivity contribution < 1.29 is 32.5 Å². The second-order valence-electron chi connectivity index (χ2n) is 2.92. The van der Waals surface area contributed by atoms with Crippen LogP contribution in [0.5, 0.6) is 11.5 Å². The van der Waals surface area contributed by atoms with Crippen LogP contribution in [-0.2, 0) is 0 Å². The summed E-state index contributed by atoms with van der Waals surface area (Å²) < 4.78 is 44.8. The van der Waals surface area contributed by atoms with Gasteiger partial charge in [-0.05, 0) is 19.1 Å². The molecule has 17 heavy (non-hydrogen) atoms. The number of halogens is 3. The van der Waals surface area contributed by atoms with E-state index in [1.165, 1.54) is 6.92 Å². The van der Waals surface area contributed by atoms with E-state index in [1.807, 2.05) is 0 Å². The molecule has 0 aliphatic carbocycles. The van der Waals surface area contributed by atoms with Gasteiger partial charge in [0.05, 0.1) is 6.61 Å². The maximum Gasteiger partial charge on any atom is 0.573 e. The molecule has 0 bridgehead atoms. The minimum absolute atomic E-state index is 0.0263. The Morgan fingerprint density at radius 2 is 2.06 bits per heavy atom. The van der Waals surface area contributed by atoms with Crippen molar-refractivity contribution in [3.63, 3.8) is 0 Å². The zero-order valence-electron chi connectivity index (χ0n) is 8.75. The number of carboxylic acid groups (broad SMARTS) is 1. The van der Waals surface area contributed by atoms with Crippen molar-refractivity contribution in [2.75, 3.05) is 6.61 Å². The summed E-state index contributed by atoms with van der Waals surface area (Å²) in [5.74, 6) is -2.49. The molecular weight excluding hydrogens is 241 g/mol. The second-order valence-corrected chi connectivity index (χ2v) is 2.92.